The van der Waals surface area contributed by atoms with E-state index in [2.05, 4.69) is 114 Å². The smallest absolute Gasteiger partial charge is 0.0265 e. The maximum atomic E-state index is 3.98. The van der Waals surface area contributed by atoms with E-state index in [0.29, 0.717) is 24.2 Å². The zero-order valence-electron chi connectivity index (χ0n) is 19.7. The molecule has 0 unspecified atom stereocenters. The zero-order valence-corrected chi connectivity index (χ0v) is 21.2. The summed E-state index contributed by atoms with van der Waals surface area (Å²) in [7, 11) is 0. The minimum absolute atomic E-state index is 0.144. The number of hydrogen-bond acceptors (Lipinski definition) is 2. The average molecular weight is 440 g/mol. The van der Waals surface area contributed by atoms with Gasteiger partial charge in [-0.1, -0.05) is 48.8 Å². The largest absolute Gasteiger partial charge is 0.294 e. The van der Waals surface area contributed by atoms with Gasteiger partial charge in [0.1, 0.15) is 0 Å². The predicted octanol–water partition coefficient (Wildman–Crippen LogP) is 6.98. The first-order chi connectivity index (χ1) is 12.3. The van der Waals surface area contributed by atoms with E-state index in [-0.39, 0.29) is 5.41 Å². The Hall–Kier alpha value is -0.380. The molecule has 0 saturated carbocycles. The van der Waals surface area contributed by atoms with Gasteiger partial charge >= 0.3 is 0 Å². The van der Waals surface area contributed by atoms with E-state index in [4.69, 9.17) is 0 Å². The Bertz CT molecular complexity index is 538. The highest BCUT2D eigenvalue weighted by Crippen LogP contribution is 2.33. The van der Waals surface area contributed by atoms with Crippen molar-refractivity contribution in [3.63, 3.8) is 0 Å². The SMILES string of the molecule is CC(C)N(Cc1cc(C(C)(C)C)cc(CN(C(C)C)C(C)C)c1Br)C(C)C. The van der Waals surface area contributed by atoms with Crippen molar-refractivity contribution in [2.75, 3.05) is 0 Å². The lowest BCUT2D eigenvalue weighted by Gasteiger charge is -2.34. The third-order valence-electron chi connectivity index (χ3n) is 5.45. The van der Waals surface area contributed by atoms with Gasteiger partial charge in [-0.05, 0) is 77.5 Å². The third kappa shape index (κ3) is 6.87. The van der Waals surface area contributed by atoms with Crippen molar-refractivity contribution in [1.29, 1.82) is 0 Å². The van der Waals surface area contributed by atoms with Crippen LogP contribution in [0, 0.1) is 0 Å². The molecule has 2 nitrogen and oxygen atoms in total. The molecule has 0 N–H and O–H groups in total. The fourth-order valence-electron chi connectivity index (χ4n) is 3.73. The molecule has 0 radical (unpaired) electrons. The molecular formula is C24H43BrN2. The van der Waals surface area contributed by atoms with Crippen molar-refractivity contribution in [3.05, 3.63) is 33.3 Å². The van der Waals surface area contributed by atoms with Crippen LogP contribution in [0.2, 0.25) is 0 Å². The molecule has 0 aliphatic heterocycles. The minimum Gasteiger partial charge on any atom is -0.294 e. The molecule has 3 heteroatoms. The highest BCUT2D eigenvalue weighted by Gasteiger charge is 2.23. The van der Waals surface area contributed by atoms with Crippen LogP contribution in [0.1, 0.15) is 92.9 Å². The Morgan fingerprint density at radius 1 is 0.704 bits per heavy atom. The quantitative estimate of drug-likeness (QED) is 0.431. The second-order valence-electron chi connectivity index (χ2n) is 10.1. The van der Waals surface area contributed by atoms with Crippen LogP contribution >= 0.6 is 15.9 Å². The van der Waals surface area contributed by atoms with Gasteiger partial charge in [-0.15, -0.1) is 0 Å². The Balaban J connectivity index is 3.43. The summed E-state index contributed by atoms with van der Waals surface area (Å²) >= 11 is 3.98. The monoisotopic (exact) mass is 438 g/mol. The van der Waals surface area contributed by atoms with E-state index in [1.165, 1.54) is 21.2 Å². The molecule has 0 atom stereocenters. The summed E-state index contributed by atoms with van der Waals surface area (Å²) in [6.07, 6.45) is 0. The molecule has 0 spiro atoms. The van der Waals surface area contributed by atoms with Crippen molar-refractivity contribution >= 4 is 15.9 Å². The molecule has 0 aromatic heterocycles. The molecule has 0 bridgehead atoms. The van der Waals surface area contributed by atoms with Crippen molar-refractivity contribution in [2.24, 2.45) is 0 Å². The number of halogens is 1. The van der Waals surface area contributed by atoms with Crippen LogP contribution in [0.4, 0.5) is 0 Å². The molecular weight excluding hydrogens is 396 g/mol. The molecule has 0 saturated heterocycles. The Kier molecular flexibility index (Phi) is 9.03. The van der Waals surface area contributed by atoms with Crippen molar-refractivity contribution < 1.29 is 0 Å². The van der Waals surface area contributed by atoms with Gasteiger partial charge in [0, 0.05) is 41.7 Å². The van der Waals surface area contributed by atoms with E-state index in [0.717, 1.165) is 13.1 Å². The van der Waals surface area contributed by atoms with Gasteiger partial charge in [0.25, 0.3) is 0 Å². The van der Waals surface area contributed by atoms with Gasteiger partial charge in [-0.2, -0.15) is 0 Å². The number of hydrogen-bond donors (Lipinski definition) is 0. The molecule has 0 fully saturated rings. The van der Waals surface area contributed by atoms with Crippen LogP contribution in [-0.2, 0) is 18.5 Å². The van der Waals surface area contributed by atoms with Crippen LogP contribution in [-0.4, -0.2) is 34.0 Å². The molecule has 1 aromatic rings. The van der Waals surface area contributed by atoms with Crippen molar-refractivity contribution in [1.82, 2.24) is 9.80 Å². The first-order valence-corrected chi connectivity index (χ1v) is 11.4. The van der Waals surface area contributed by atoms with Gasteiger partial charge in [-0.25, -0.2) is 0 Å². The van der Waals surface area contributed by atoms with E-state index in [1.807, 2.05) is 0 Å². The van der Waals surface area contributed by atoms with Gasteiger partial charge in [0.2, 0.25) is 0 Å². The van der Waals surface area contributed by atoms with E-state index in [1.54, 1.807) is 0 Å². The fraction of sp³-hybridized carbons (Fsp3) is 0.750. The van der Waals surface area contributed by atoms with Crippen LogP contribution in [0.5, 0.6) is 0 Å². The van der Waals surface area contributed by atoms with Gasteiger partial charge in [0.05, 0.1) is 0 Å². The van der Waals surface area contributed by atoms with Crippen LogP contribution in [0.15, 0.2) is 16.6 Å². The summed E-state index contributed by atoms with van der Waals surface area (Å²) in [4.78, 5) is 5.14. The molecule has 156 valence electrons. The highest BCUT2D eigenvalue weighted by molar-refractivity contribution is 9.10. The zero-order chi connectivity index (χ0) is 21.1. The molecule has 1 rings (SSSR count). The van der Waals surface area contributed by atoms with Gasteiger partial charge in [-0.3, -0.25) is 9.80 Å². The Morgan fingerprint density at radius 2 is 1.00 bits per heavy atom. The number of rotatable bonds is 8. The molecule has 0 aliphatic rings. The van der Waals surface area contributed by atoms with E-state index in [9.17, 15) is 0 Å². The fourth-order valence-corrected chi connectivity index (χ4v) is 4.21. The van der Waals surface area contributed by atoms with Gasteiger partial charge in [0.15, 0.2) is 0 Å². The van der Waals surface area contributed by atoms with Gasteiger partial charge < -0.3 is 0 Å². The standard InChI is InChI=1S/C24H43BrN2/c1-16(2)26(17(3)4)14-20-12-22(24(9,10)11)13-21(23(20)25)15-27(18(5)6)19(7)8/h12-13,16-19H,14-15H2,1-11H3. The molecule has 27 heavy (non-hydrogen) atoms. The molecule has 0 amide bonds. The Morgan fingerprint density at radius 3 is 1.22 bits per heavy atom. The summed E-state index contributed by atoms with van der Waals surface area (Å²) in [5.41, 5.74) is 4.39. The lowest BCUT2D eigenvalue weighted by Crippen LogP contribution is -2.37. The minimum atomic E-state index is 0.144. The van der Waals surface area contributed by atoms with Crippen molar-refractivity contribution in [3.8, 4) is 0 Å². The predicted molar refractivity (Wildman–Crippen MR) is 124 cm³/mol. The maximum absolute atomic E-state index is 3.98. The highest BCUT2D eigenvalue weighted by atomic mass is 79.9. The average Bonchev–Trinajstić information content (AvgIpc) is 2.49. The molecule has 1 aromatic carbocycles. The molecule has 0 aliphatic carbocycles. The van der Waals surface area contributed by atoms with Crippen molar-refractivity contribution in [2.45, 2.75) is 119 Å². The second kappa shape index (κ2) is 9.89. The number of nitrogens with zero attached hydrogens (tertiary/aromatic N) is 2. The lowest BCUT2D eigenvalue weighted by atomic mass is 9.84. The first kappa shape index (κ1) is 24.7. The first-order valence-electron chi connectivity index (χ1n) is 10.6. The summed E-state index contributed by atoms with van der Waals surface area (Å²) in [5.74, 6) is 0. The summed E-state index contributed by atoms with van der Waals surface area (Å²) < 4.78 is 1.29. The van der Waals surface area contributed by atoms with Crippen LogP contribution in [0.3, 0.4) is 0 Å². The molecule has 0 heterocycles. The van der Waals surface area contributed by atoms with Crippen LogP contribution < -0.4 is 0 Å². The normalized spacial score (nSPS) is 13.3. The summed E-state index contributed by atoms with van der Waals surface area (Å²) in [5, 5.41) is 0. The van der Waals surface area contributed by atoms with E-state index >= 15 is 0 Å². The Labute approximate surface area is 177 Å². The summed E-state index contributed by atoms with van der Waals surface area (Å²) in [6.45, 7) is 27.3. The topological polar surface area (TPSA) is 6.48 Å². The van der Waals surface area contributed by atoms with E-state index < -0.39 is 0 Å². The third-order valence-corrected chi connectivity index (χ3v) is 6.47. The van der Waals surface area contributed by atoms with Crippen LogP contribution in [0.25, 0.3) is 0 Å². The lowest BCUT2D eigenvalue weighted by molar-refractivity contribution is 0.162. The maximum Gasteiger partial charge on any atom is 0.0265 e. The second-order valence-corrected chi connectivity index (χ2v) is 10.9. The summed E-state index contributed by atoms with van der Waals surface area (Å²) in [6, 6.07) is 6.95. The number of benzene rings is 1.